The minimum Gasteiger partial charge on any atom is -0.490 e. The summed E-state index contributed by atoms with van der Waals surface area (Å²) in [6, 6.07) is 1.45. The second-order valence-electron chi connectivity index (χ2n) is 8.00. The van der Waals surface area contributed by atoms with Gasteiger partial charge in [-0.25, -0.2) is 14.4 Å². The molecule has 1 amide bonds. The molecule has 4 N–H and O–H groups in total. The molecule has 32 heavy (non-hydrogen) atoms. The van der Waals surface area contributed by atoms with Gasteiger partial charge in [0.1, 0.15) is 28.5 Å². The number of amides is 1. The Balaban J connectivity index is 2.22. The van der Waals surface area contributed by atoms with Gasteiger partial charge >= 0.3 is 0 Å². The standard InChI is InChI=1S/C22H27ClFN5O3/c1-10(2)32-19-14(8-15(23)17(24)16(19)22(31)27-9-11(3)30)12(4)21-28-13(5)18-20(25)26-6-7-29(18)21/h6-8,10-12,30H,9H2,1-5H3,(H2,25,26)(H,27,31)/t11?,12-/m0/s1. The lowest BCUT2D eigenvalue weighted by atomic mass is 9.95. The zero-order chi connectivity index (χ0) is 23.7. The fourth-order valence-corrected chi connectivity index (χ4v) is 3.77. The summed E-state index contributed by atoms with van der Waals surface area (Å²) < 4.78 is 22.8. The van der Waals surface area contributed by atoms with Crippen LogP contribution in [-0.2, 0) is 0 Å². The minimum absolute atomic E-state index is 0.0485. The lowest BCUT2D eigenvalue weighted by Crippen LogP contribution is -2.32. The summed E-state index contributed by atoms with van der Waals surface area (Å²) in [6.45, 7) is 8.70. The van der Waals surface area contributed by atoms with E-state index in [0.29, 0.717) is 28.4 Å². The first kappa shape index (κ1) is 23.7. The van der Waals surface area contributed by atoms with Crippen LogP contribution in [0.2, 0.25) is 5.02 Å². The number of rotatable bonds is 7. The van der Waals surface area contributed by atoms with Crippen LogP contribution in [0.25, 0.3) is 5.52 Å². The SMILES string of the molecule is Cc1nc([C@@H](C)c2cc(Cl)c(F)c(C(=O)NCC(C)O)c2OC(C)C)n2ccnc(N)c12. The number of hydrogen-bond donors (Lipinski definition) is 3. The minimum atomic E-state index is -0.890. The van der Waals surface area contributed by atoms with Crippen molar-refractivity contribution in [3.8, 4) is 5.75 Å². The van der Waals surface area contributed by atoms with Crippen molar-refractivity contribution in [2.24, 2.45) is 0 Å². The molecular weight excluding hydrogens is 437 g/mol. The highest BCUT2D eigenvalue weighted by Crippen LogP contribution is 2.39. The fraction of sp³-hybridized carbons (Fsp3) is 0.409. The summed E-state index contributed by atoms with van der Waals surface area (Å²) in [5, 5.41) is 11.8. The number of nitrogens with one attached hydrogen (secondary N) is 1. The first-order chi connectivity index (χ1) is 15.0. The zero-order valence-corrected chi connectivity index (χ0v) is 19.4. The number of imidazole rings is 1. The number of fused-ring (bicyclic) bond motifs is 1. The molecule has 1 aromatic carbocycles. The Hall–Kier alpha value is -2.91. The third-order valence-electron chi connectivity index (χ3n) is 4.98. The number of nitrogen functional groups attached to an aromatic ring is 1. The largest absolute Gasteiger partial charge is 0.490 e. The topological polar surface area (TPSA) is 115 Å². The van der Waals surface area contributed by atoms with Crippen LogP contribution in [0, 0.1) is 12.7 Å². The van der Waals surface area contributed by atoms with Crippen LogP contribution in [0.15, 0.2) is 18.5 Å². The number of carbonyl (C=O) groups is 1. The number of carbonyl (C=O) groups excluding carboxylic acids is 1. The van der Waals surface area contributed by atoms with Crippen molar-refractivity contribution >= 4 is 28.8 Å². The summed E-state index contributed by atoms with van der Waals surface area (Å²) in [7, 11) is 0. The van der Waals surface area contributed by atoms with Gasteiger partial charge in [0.25, 0.3) is 5.91 Å². The molecule has 3 aromatic rings. The summed E-state index contributed by atoms with van der Waals surface area (Å²) in [5.41, 5.74) is 7.57. The molecule has 2 heterocycles. The molecule has 2 aromatic heterocycles. The van der Waals surface area contributed by atoms with Crippen molar-refractivity contribution in [3.05, 3.63) is 51.9 Å². The number of nitrogens with two attached hydrogens (primary N) is 1. The van der Waals surface area contributed by atoms with Crippen molar-refractivity contribution in [1.82, 2.24) is 19.7 Å². The zero-order valence-electron chi connectivity index (χ0n) is 18.6. The first-order valence-corrected chi connectivity index (χ1v) is 10.6. The normalized spacial score (nSPS) is 13.4. The Bertz CT molecular complexity index is 1160. The van der Waals surface area contributed by atoms with Gasteiger partial charge in [0.05, 0.1) is 22.9 Å². The molecule has 0 radical (unpaired) electrons. The highest BCUT2D eigenvalue weighted by Gasteiger charge is 2.30. The monoisotopic (exact) mass is 463 g/mol. The quantitative estimate of drug-likeness (QED) is 0.494. The van der Waals surface area contributed by atoms with Gasteiger partial charge in [-0.05, 0) is 33.8 Å². The van der Waals surface area contributed by atoms with Crippen molar-refractivity contribution in [2.45, 2.75) is 52.7 Å². The third-order valence-corrected chi connectivity index (χ3v) is 5.25. The Kier molecular flexibility index (Phi) is 6.90. The van der Waals surface area contributed by atoms with E-state index in [4.69, 9.17) is 22.1 Å². The molecule has 0 aliphatic carbocycles. The van der Waals surface area contributed by atoms with E-state index in [-0.39, 0.29) is 29.0 Å². The van der Waals surface area contributed by atoms with Gasteiger partial charge < -0.3 is 20.9 Å². The molecule has 8 nitrogen and oxygen atoms in total. The summed E-state index contributed by atoms with van der Waals surface area (Å²) in [6.07, 6.45) is 2.16. The lowest BCUT2D eigenvalue weighted by molar-refractivity contribution is 0.0913. The van der Waals surface area contributed by atoms with Gasteiger partial charge in [0, 0.05) is 30.4 Å². The number of ether oxygens (including phenoxy) is 1. The van der Waals surface area contributed by atoms with E-state index in [0.717, 1.165) is 0 Å². The first-order valence-electron chi connectivity index (χ1n) is 10.3. The van der Waals surface area contributed by atoms with Crippen LogP contribution in [0.3, 0.4) is 0 Å². The van der Waals surface area contributed by atoms with Gasteiger partial charge in [-0.3, -0.25) is 9.20 Å². The van der Waals surface area contributed by atoms with Gasteiger partial charge in [-0.1, -0.05) is 18.5 Å². The van der Waals surface area contributed by atoms with Gasteiger partial charge in [0.2, 0.25) is 0 Å². The van der Waals surface area contributed by atoms with Crippen LogP contribution in [0.1, 0.15) is 61.1 Å². The van der Waals surface area contributed by atoms with Gasteiger partial charge in [0.15, 0.2) is 5.82 Å². The molecule has 0 saturated heterocycles. The predicted molar refractivity (Wildman–Crippen MR) is 121 cm³/mol. The predicted octanol–water partition coefficient (Wildman–Crippen LogP) is 3.46. The third kappa shape index (κ3) is 4.49. The number of aliphatic hydroxyl groups is 1. The smallest absolute Gasteiger partial charge is 0.258 e. The molecule has 0 fully saturated rings. The highest BCUT2D eigenvalue weighted by atomic mass is 35.5. The van der Waals surface area contributed by atoms with E-state index in [1.54, 1.807) is 26.2 Å². The van der Waals surface area contributed by atoms with Crippen LogP contribution < -0.4 is 15.8 Å². The van der Waals surface area contributed by atoms with E-state index in [9.17, 15) is 9.90 Å². The summed E-state index contributed by atoms with van der Waals surface area (Å²) in [5.74, 6) is -1.03. The number of nitrogens with zero attached hydrogens (tertiary/aromatic N) is 3. The van der Waals surface area contributed by atoms with Crippen LogP contribution in [0.4, 0.5) is 10.2 Å². The molecule has 0 saturated carbocycles. The fourth-order valence-electron chi connectivity index (χ4n) is 3.56. The molecule has 3 rings (SSSR count). The number of benzene rings is 1. The van der Waals surface area contributed by atoms with E-state index >= 15 is 4.39 Å². The average molecular weight is 464 g/mol. The molecule has 0 aliphatic heterocycles. The van der Waals surface area contributed by atoms with E-state index in [1.165, 1.54) is 13.0 Å². The maximum atomic E-state index is 15.1. The van der Waals surface area contributed by atoms with E-state index < -0.39 is 23.7 Å². The van der Waals surface area contributed by atoms with Crippen molar-refractivity contribution in [1.29, 1.82) is 0 Å². The Morgan fingerprint density at radius 2 is 2.06 bits per heavy atom. The van der Waals surface area contributed by atoms with E-state index in [1.807, 2.05) is 18.2 Å². The Morgan fingerprint density at radius 1 is 1.38 bits per heavy atom. The maximum absolute atomic E-state index is 15.1. The Morgan fingerprint density at radius 3 is 2.69 bits per heavy atom. The number of halogens is 2. The number of aliphatic hydroxyl groups excluding tert-OH is 1. The van der Waals surface area contributed by atoms with Crippen molar-refractivity contribution in [2.75, 3.05) is 12.3 Å². The molecule has 10 heteroatoms. The Labute approximate surface area is 190 Å². The molecular formula is C22H27ClFN5O3. The van der Waals surface area contributed by atoms with Crippen LogP contribution in [0.5, 0.6) is 5.75 Å². The number of aryl methyl sites for hydroxylation is 1. The molecule has 0 bridgehead atoms. The molecule has 0 aliphatic rings. The van der Waals surface area contributed by atoms with Gasteiger partial charge in [-0.15, -0.1) is 0 Å². The van der Waals surface area contributed by atoms with E-state index in [2.05, 4.69) is 15.3 Å². The summed E-state index contributed by atoms with van der Waals surface area (Å²) in [4.78, 5) is 21.6. The number of aromatic nitrogens is 3. The second kappa shape index (κ2) is 9.30. The highest BCUT2D eigenvalue weighted by molar-refractivity contribution is 6.31. The summed E-state index contributed by atoms with van der Waals surface area (Å²) >= 11 is 6.20. The van der Waals surface area contributed by atoms with Crippen LogP contribution >= 0.6 is 11.6 Å². The van der Waals surface area contributed by atoms with Crippen molar-refractivity contribution in [3.63, 3.8) is 0 Å². The number of hydrogen-bond acceptors (Lipinski definition) is 6. The molecule has 172 valence electrons. The second-order valence-corrected chi connectivity index (χ2v) is 8.41. The lowest BCUT2D eigenvalue weighted by Gasteiger charge is -2.22. The van der Waals surface area contributed by atoms with Crippen molar-refractivity contribution < 1.29 is 19.0 Å². The van der Waals surface area contributed by atoms with Crippen LogP contribution in [-0.4, -0.2) is 44.1 Å². The molecule has 2 atom stereocenters. The molecule has 1 unspecified atom stereocenters. The maximum Gasteiger partial charge on any atom is 0.258 e. The van der Waals surface area contributed by atoms with Gasteiger partial charge in [-0.2, -0.15) is 0 Å². The molecule has 0 spiro atoms. The number of anilines is 1. The average Bonchev–Trinajstić information content (AvgIpc) is 3.06.